The number of ether oxygens (including phenoxy) is 2. The molecule has 49 heavy (non-hydrogen) atoms. The molecule has 3 aliphatic heterocycles. The minimum atomic E-state index is -1.40. The van der Waals surface area contributed by atoms with E-state index in [1.54, 1.807) is 30.9 Å². The number of hydrogen-bond acceptors (Lipinski definition) is 9. The highest BCUT2D eigenvalue weighted by Crippen LogP contribution is 2.29. The van der Waals surface area contributed by atoms with Gasteiger partial charge >= 0.3 is 12.1 Å². The van der Waals surface area contributed by atoms with Crippen molar-refractivity contribution in [2.75, 3.05) is 52.4 Å². The van der Waals surface area contributed by atoms with E-state index in [0.717, 1.165) is 18.4 Å². The van der Waals surface area contributed by atoms with Crippen molar-refractivity contribution in [1.82, 2.24) is 29.9 Å². The Balaban J connectivity index is 1.33. The molecule has 15 nitrogen and oxygen atoms in total. The standard InChI is InChI=1S/C34H44N6O9/c1-4-48-34(47)39-16-14-38(15-17-39)32(45)26(20-29(41)42)36-30(43)25-19-28(23-10-9-21(2)18-24(23)35-25)49-22(3)31(44)40-13-7-8-27(40)33(46)37-11-5-6-12-37/h9-10,18-19,22,26-27H,4-8,11-17,20H2,1-3H3,(H,36,43)(H,41,42)/t22-,26+,27+/m1/s1. The van der Waals surface area contributed by atoms with Gasteiger partial charge < -0.3 is 39.5 Å². The third-order valence-electron chi connectivity index (χ3n) is 9.15. The van der Waals surface area contributed by atoms with Gasteiger partial charge in [-0.05, 0) is 64.2 Å². The second kappa shape index (κ2) is 15.5. The zero-order valence-corrected chi connectivity index (χ0v) is 28.2. The number of fused-ring (bicyclic) bond motifs is 1. The second-order valence-corrected chi connectivity index (χ2v) is 12.6. The lowest BCUT2D eigenvalue weighted by Gasteiger charge is -2.35. The maximum absolute atomic E-state index is 13.7. The fourth-order valence-corrected chi connectivity index (χ4v) is 6.58. The lowest BCUT2D eigenvalue weighted by molar-refractivity contribution is -0.146. The number of carbonyl (C=O) groups excluding carboxylic acids is 5. The predicted octanol–water partition coefficient (Wildman–Crippen LogP) is 1.80. The van der Waals surface area contributed by atoms with Crippen LogP contribution in [0.15, 0.2) is 24.3 Å². The van der Waals surface area contributed by atoms with E-state index in [-0.39, 0.29) is 56.0 Å². The smallest absolute Gasteiger partial charge is 0.409 e. The van der Waals surface area contributed by atoms with E-state index in [4.69, 9.17) is 9.47 Å². The van der Waals surface area contributed by atoms with Crippen LogP contribution in [-0.2, 0) is 23.9 Å². The zero-order valence-electron chi connectivity index (χ0n) is 28.2. The normalized spacial score (nSPS) is 19.0. The van der Waals surface area contributed by atoms with Crippen LogP contribution in [0.2, 0.25) is 0 Å². The molecule has 264 valence electrons. The number of carboxylic acids is 1. The SMILES string of the molecule is CCOC(=O)N1CCN(C(=O)[C@H](CC(=O)O)NC(=O)c2cc(O[C@H](C)C(=O)N3CCC[C@H]3C(=O)N3CCCC3)c3ccc(C)cc3n2)CC1. The molecule has 0 saturated carbocycles. The molecule has 5 amide bonds. The number of carbonyl (C=O) groups is 6. The quantitative estimate of drug-likeness (QED) is 0.376. The summed E-state index contributed by atoms with van der Waals surface area (Å²) >= 11 is 0. The van der Waals surface area contributed by atoms with Crippen molar-refractivity contribution in [3.05, 3.63) is 35.5 Å². The van der Waals surface area contributed by atoms with Crippen molar-refractivity contribution in [3.8, 4) is 5.75 Å². The van der Waals surface area contributed by atoms with Crippen molar-refractivity contribution in [2.45, 2.75) is 71.1 Å². The number of amides is 5. The summed E-state index contributed by atoms with van der Waals surface area (Å²) in [5, 5.41) is 12.7. The molecule has 2 aromatic rings. The van der Waals surface area contributed by atoms with Crippen LogP contribution < -0.4 is 10.1 Å². The van der Waals surface area contributed by atoms with Crippen LogP contribution in [0, 0.1) is 6.92 Å². The number of piperazine rings is 1. The van der Waals surface area contributed by atoms with E-state index in [2.05, 4.69) is 10.3 Å². The molecule has 0 spiro atoms. The Morgan fingerprint density at radius 2 is 1.61 bits per heavy atom. The highest BCUT2D eigenvalue weighted by molar-refractivity contribution is 6.00. The van der Waals surface area contributed by atoms with E-state index in [9.17, 15) is 33.9 Å². The van der Waals surface area contributed by atoms with E-state index in [0.29, 0.717) is 43.4 Å². The van der Waals surface area contributed by atoms with E-state index in [1.807, 2.05) is 17.9 Å². The molecule has 0 aliphatic carbocycles. The van der Waals surface area contributed by atoms with E-state index in [1.165, 1.54) is 15.9 Å². The number of aryl methyl sites for hydroxylation is 1. The van der Waals surface area contributed by atoms with Crippen LogP contribution in [0.1, 0.15) is 62.0 Å². The first kappa shape index (κ1) is 35.4. The summed E-state index contributed by atoms with van der Waals surface area (Å²) in [4.78, 5) is 88.5. The fraction of sp³-hybridized carbons (Fsp3) is 0.559. The highest BCUT2D eigenvalue weighted by Gasteiger charge is 2.39. The Morgan fingerprint density at radius 3 is 2.29 bits per heavy atom. The monoisotopic (exact) mass is 680 g/mol. The Labute approximate surface area is 284 Å². The summed E-state index contributed by atoms with van der Waals surface area (Å²) < 4.78 is 11.2. The zero-order chi connectivity index (χ0) is 35.2. The average molecular weight is 681 g/mol. The maximum Gasteiger partial charge on any atom is 0.409 e. The number of aromatic nitrogens is 1. The molecule has 3 atom stereocenters. The van der Waals surface area contributed by atoms with Gasteiger partial charge in [0.2, 0.25) is 11.8 Å². The Bertz CT molecular complexity index is 1600. The van der Waals surface area contributed by atoms with Crippen LogP contribution >= 0.6 is 0 Å². The second-order valence-electron chi connectivity index (χ2n) is 12.6. The van der Waals surface area contributed by atoms with E-state index < -0.39 is 48.5 Å². The number of aliphatic carboxylic acids is 1. The van der Waals surface area contributed by atoms with Gasteiger partial charge in [0.25, 0.3) is 11.8 Å². The summed E-state index contributed by atoms with van der Waals surface area (Å²) in [6.07, 6.45) is 1.05. The number of rotatable bonds is 10. The Kier molecular flexibility index (Phi) is 11.2. The highest BCUT2D eigenvalue weighted by atomic mass is 16.6. The first-order valence-electron chi connectivity index (χ1n) is 16.9. The molecule has 0 bridgehead atoms. The third-order valence-corrected chi connectivity index (χ3v) is 9.15. The number of likely N-dealkylation sites (tertiary alicyclic amines) is 2. The van der Waals surface area contributed by atoms with Gasteiger partial charge in [-0.15, -0.1) is 0 Å². The average Bonchev–Trinajstić information content (AvgIpc) is 3.80. The van der Waals surface area contributed by atoms with Gasteiger partial charge in [0.1, 0.15) is 23.5 Å². The van der Waals surface area contributed by atoms with Gasteiger partial charge in [-0.2, -0.15) is 0 Å². The molecule has 4 heterocycles. The molecule has 2 N–H and O–H groups in total. The molecule has 1 aromatic carbocycles. The van der Waals surface area contributed by atoms with Crippen molar-refractivity contribution in [3.63, 3.8) is 0 Å². The van der Waals surface area contributed by atoms with Gasteiger partial charge in [0, 0.05) is 57.3 Å². The topological polar surface area (TPSA) is 179 Å². The molecular formula is C34H44N6O9. The number of hydrogen-bond donors (Lipinski definition) is 2. The first-order chi connectivity index (χ1) is 23.5. The molecule has 3 aliphatic rings. The first-order valence-corrected chi connectivity index (χ1v) is 16.9. The van der Waals surface area contributed by atoms with Crippen LogP contribution in [0.5, 0.6) is 5.75 Å². The largest absolute Gasteiger partial charge is 0.481 e. The summed E-state index contributed by atoms with van der Waals surface area (Å²) in [7, 11) is 0. The molecule has 15 heteroatoms. The van der Waals surface area contributed by atoms with Crippen molar-refractivity contribution < 1.29 is 43.3 Å². The summed E-state index contributed by atoms with van der Waals surface area (Å²) in [5.74, 6) is -2.86. The van der Waals surface area contributed by atoms with Gasteiger partial charge in [-0.1, -0.05) is 6.07 Å². The van der Waals surface area contributed by atoms with Crippen LogP contribution in [-0.4, -0.2) is 136 Å². The van der Waals surface area contributed by atoms with Gasteiger partial charge in [0.05, 0.1) is 18.5 Å². The van der Waals surface area contributed by atoms with E-state index >= 15 is 0 Å². The molecular weight excluding hydrogens is 636 g/mol. The van der Waals surface area contributed by atoms with Gasteiger partial charge in [-0.25, -0.2) is 9.78 Å². The lowest BCUT2D eigenvalue weighted by atomic mass is 10.1. The predicted molar refractivity (Wildman–Crippen MR) is 176 cm³/mol. The number of carboxylic acid groups (broad SMARTS) is 1. The lowest BCUT2D eigenvalue weighted by Crippen LogP contribution is -2.56. The number of nitrogens with zero attached hydrogens (tertiary/aromatic N) is 5. The molecule has 3 fully saturated rings. The number of nitrogens with one attached hydrogen (secondary N) is 1. The van der Waals surface area contributed by atoms with Crippen LogP contribution in [0.3, 0.4) is 0 Å². The minimum absolute atomic E-state index is 0.0364. The Hall–Kier alpha value is -4.95. The fourth-order valence-electron chi connectivity index (χ4n) is 6.58. The summed E-state index contributed by atoms with van der Waals surface area (Å²) in [6.45, 7) is 7.88. The number of pyridine rings is 1. The molecule has 3 saturated heterocycles. The molecule has 5 rings (SSSR count). The molecule has 1 aromatic heterocycles. The van der Waals surface area contributed by atoms with Crippen molar-refractivity contribution in [1.29, 1.82) is 0 Å². The van der Waals surface area contributed by atoms with Crippen molar-refractivity contribution in [2.24, 2.45) is 0 Å². The van der Waals surface area contributed by atoms with Crippen molar-refractivity contribution >= 4 is 46.6 Å². The summed E-state index contributed by atoms with van der Waals surface area (Å²) in [6, 6.07) is 4.80. The van der Waals surface area contributed by atoms with Gasteiger partial charge in [-0.3, -0.25) is 24.0 Å². The molecule has 0 unspecified atom stereocenters. The molecule has 0 radical (unpaired) electrons. The Morgan fingerprint density at radius 1 is 0.918 bits per heavy atom. The minimum Gasteiger partial charge on any atom is -0.481 e. The van der Waals surface area contributed by atoms with Crippen LogP contribution in [0.4, 0.5) is 4.79 Å². The van der Waals surface area contributed by atoms with Crippen LogP contribution in [0.25, 0.3) is 10.9 Å². The number of benzene rings is 1. The van der Waals surface area contributed by atoms with Gasteiger partial charge in [0.15, 0.2) is 6.10 Å². The summed E-state index contributed by atoms with van der Waals surface area (Å²) in [5.41, 5.74) is 1.13. The maximum atomic E-state index is 13.7. The third kappa shape index (κ3) is 8.20.